The van der Waals surface area contributed by atoms with Crippen LogP contribution in [0.3, 0.4) is 0 Å². The number of carbonyl (C=O) groups excluding carboxylic acids is 1. The Hall–Kier alpha value is -1.10. The van der Waals surface area contributed by atoms with Crippen LogP contribution in [0.2, 0.25) is 0 Å². The van der Waals surface area contributed by atoms with Gasteiger partial charge < -0.3 is 14.7 Å². The minimum absolute atomic E-state index is 0.222. The zero-order valence-electron chi connectivity index (χ0n) is 11.4. The second-order valence-corrected chi connectivity index (χ2v) is 5.81. The van der Waals surface area contributed by atoms with Crippen molar-refractivity contribution in [2.45, 2.75) is 45.6 Å². The molecule has 104 valence electrons. The molecule has 1 rings (SSSR count). The quantitative estimate of drug-likeness (QED) is 0.773. The Morgan fingerprint density at radius 2 is 2.06 bits per heavy atom. The van der Waals surface area contributed by atoms with Gasteiger partial charge in [-0.15, -0.1) is 0 Å². The first-order chi connectivity index (χ1) is 8.28. The van der Waals surface area contributed by atoms with E-state index in [1.807, 2.05) is 25.7 Å². The van der Waals surface area contributed by atoms with Crippen LogP contribution in [0.15, 0.2) is 0 Å². The Labute approximate surface area is 108 Å². The molecule has 1 fully saturated rings. The normalized spacial score (nSPS) is 21.6. The largest absolute Gasteiger partial charge is 0.481 e. The van der Waals surface area contributed by atoms with Crippen molar-refractivity contribution in [1.82, 2.24) is 4.90 Å². The van der Waals surface area contributed by atoms with E-state index in [4.69, 9.17) is 9.84 Å². The number of rotatable bonds is 4. The highest BCUT2D eigenvalue weighted by Crippen LogP contribution is 2.17. The third kappa shape index (κ3) is 5.49. The number of piperidine rings is 1. The summed E-state index contributed by atoms with van der Waals surface area (Å²) in [5, 5.41) is 8.97. The molecule has 5 heteroatoms. The number of esters is 1. The number of ether oxygens (including phenoxy) is 1. The van der Waals surface area contributed by atoms with Crippen molar-refractivity contribution in [2.75, 3.05) is 19.6 Å². The molecule has 1 aliphatic heterocycles. The van der Waals surface area contributed by atoms with Gasteiger partial charge in [0, 0.05) is 13.1 Å². The zero-order chi connectivity index (χ0) is 13.8. The van der Waals surface area contributed by atoms with Crippen molar-refractivity contribution < 1.29 is 19.4 Å². The second-order valence-electron chi connectivity index (χ2n) is 5.81. The van der Waals surface area contributed by atoms with Crippen LogP contribution < -0.4 is 0 Å². The molecule has 1 N–H and O–H groups in total. The summed E-state index contributed by atoms with van der Waals surface area (Å²) < 4.78 is 5.22. The molecule has 1 aliphatic rings. The van der Waals surface area contributed by atoms with Gasteiger partial charge in [-0.25, -0.2) is 0 Å². The van der Waals surface area contributed by atoms with Gasteiger partial charge in [-0.05, 0) is 40.2 Å². The minimum atomic E-state index is -0.739. The van der Waals surface area contributed by atoms with E-state index in [2.05, 4.69) is 0 Å². The number of carboxylic acid groups (broad SMARTS) is 1. The number of nitrogens with zero attached hydrogens (tertiary/aromatic N) is 1. The van der Waals surface area contributed by atoms with Crippen LogP contribution in [-0.4, -0.2) is 47.2 Å². The first kappa shape index (κ1) is 15.0. The fourth-order valence-electron chi connectivity index (χ4n) is 2.10. The Kier molecular flexibility index (Phi) is 5.14. The maximum absolute atomic E-state index is 11.6. The third-order valence-corrected chi connectivity index (χ3v) is 2.91. The maximum Gasteiger partial charge on any atom is 0.307 e. The summed E-state index contributed by atoms with van der Waals surface area (Å²) in [5.74, 6) is -1.26. The van der Waals surface area contributed by atoms with Gasteiger partial charge in [0.25, 0.3) is 0 Å². The summed E-state index contributed by atoms with van der Waals surface area (Å²) in [6.07, 6.45) is 1.94. The Balaban J connectivity index is 2.31. The number of hydrogen-bond acceptors (Lipinski definition) is 4. The number of carbonyl (C=O) groups is 2. The summed E-state index contributed by atoms with van der Waals surface area (Å²) in [4.78, 5) is 24.5. The van der Waals surface area contributed by atoms with Gasteiger partial charge in [-0.2, -0.15) is 0 Å². The van der Waals surface area contributed by atoms with Crippen LogP contribution in [0.25, 0.3) is 0 Å². The summed E-state index contributed by atoms with van der Waals surface area (Å²) in [6.45, 7) is 7.51. The molecular formula is C13H23NO4. The number of carboxylic acids is 1. The molecular weight excluding hydrogens is 234 g/mol. The van der Waals surface area contributed by atoms with E-state index in [0.717, 1.165) is 19.4 Å². The van der Waals surface area contributed by atoms with Crippen LogP contribution >= 0.6 is 0 Å². The van der Waals surface area contributed by atoms with Crippen molar-refractivity contribution in [3.63, 3.8) is 0 Å². The molecule has 1 saturated heterocycles. The van der Waals surface area contributed by atoms with Gasteiger partial charge in [-0.3, -0.25) is 9.59 Å². The molecule has 0 aromatic rings. The minimum Gasteiger partial charge on any atom is -0.481 e. The lowest BCUT2D eigenvalue weighted by molar-refractivity contribution is -0.155. The van der Waals surface area contributed by atoms with Crippen LogP contribution in [0.4, 0.5) is 0 Å². The van der Waals surface area contributed by atoms with Gasteiger partial charge in [-0.1, -0.05) is 0 Å². The zero-order valence-corrected chi connectivity index (χ0v) is 11.4. The van der Waals surface area contributed by atoms with E-state index in [1.54, 1.807) is 0 Å². The fraction of sp³-hybridized carbons (Fsp3) is 0.846. The van der Waals surface area contributed by atoms with Crippen molar-refractivity contribution in [2.24, 2.45) is 5.92 Å². The number of aliphatic carboxylic acids is 1. The standard InChI is InChI=1S/C13H23NO4/c1-13(2,3)18-11(15)6-8-14-7-4-5-10(9-14)12(16)17/h10H,4-9H2,1-3H3,(H,16,17)/t10-/m1/s1. The molecule has 0 aliphatic carbocycles. The molecule has 1 atom stereocenters. The summed E-state index contributed by atoms with van der Waals surface area (Å²) in [7, 11) is 0. The fourth-order valence-corrected chi connectivity index (χ4v) is 2.10. The lowest BCUT2D eigenvalue weighted by Crippen LogP contribution is -2.40. The highest BCUT2D eigenvalue weighted by Gasteiger charge is 2.26. The van der Waals surface area contributed by atoms with Gasteiger partial charge in [0.1, 0.15) is 5.60 Å². The lowest BCUT2D eigenvalue weighted by atomic mass is 9.98. The van der Waals surface area contributed by atoms with E-state index in [-0.39, 0.29) is 11.9 Å². The molecule has 18 heavy (non-hydrogen) atoms. The SMILES string of the molecule is CC(C)(C)OC(=O)CCN1CCC[C@@H](C(=O)O)C1. The average Bonchev–Trinajstić information content (AvgIpc) is 2.24. The van der Waals surface area contributed by atoms with E-state index < -0.39 is 11.6 Å². The molecule has 0 radical (unpaired) electrons. The number of likely N-dealkylation sites (tertiary alicyclic amines) is 1. The molecule has 0 unspecified atom stereocenters. The maximum atomic E-state index is 11.6. The van der Waals surface area contributed by atoms with Crippen LogP contribution in [0.1, 0.15) is 40.0 Å². The second kappa shape index (κ2) is 6.18. The third-order valence-electron chi connectivity index (χ3n) is 2.91. The highest BCUT2D eigenvalue weighted by atomic mass is 16.6. The van der Waals surface area contributed by atoms with E-state index in [1.165, 1.54) is 0 Å². The molecule has 5 nitrogen and oxygen atoms in total. The van der Waals surface area contributed by atoms with Gasteiger partial charge >= 0.3 is 11.9 Å². The molecule has 0 aromatic heterocycles. The van der Waals surface area contributed by atoms with E-state index >= 15 is 0 Å². The van der Waals surface area contributed by atoms with Gasteiger partial charge in [0.05, 0.1) is 12.3 Å². The topological polar surface area (TPSA) is 66.8 Å². The predicted molar refractivity (Wildman–Crippen MR) is 67.3 cm³/mol. The molecule has 0 aromatic carbocycles. The van der Waals surface area contributed by atoms with Crippen molar-refractivity contribution in [3.05, 3.63) is 0 Å². The van der Waals surface area contributed by atoms with Crippen molar-refractivity contribution in [3.8, 4) is 0 Å². The predicted octanol–water partition coefficient (Wildman–Crippen LogP) is 1.51. The summed E-state index contributed by atoms with van der Waals surface area (Å²) >= 11 is 0. The summed E-state index contributed by atoms with van der Waals surface area (Å²) in [6, 6.07) is 0. The first-order valence-electron chi connectivity index (χ1n) is 6.45. The van der Waals surface area contributed by atoms with E-state index in [0.29, 0.717) is 19.5 Å². The van der Waals surface area contributed by atoms with Crippen LogP contribution in [-0.2, 0) is 14.3 Å². The van der Waals surface area contributed by atoms with Crippen LogP contribution in [0.5, 0.6) is 0 Å². The Morgan fingerprint density at radius 1 is 1.39 bits per heavy atom. The molecule has 0 amide bonds. The molecule has 0 saturated carbocycles. The van der Waals surface area contributed by atoms with Crippen LogP contribution in [0, 0.1) is 5.92 Å². The van der Waals surface area contributed by atoms with E-state index in [9.17, 15) is 9.59 Å². The smallest absolute Gasteiger partial charge is 0.307 e. The Morgan fingerprint density at radius 3 is 2.61 bits per heavy atom. The average molecular weight is 257 g/mol. The lowest BCUT2D eigenvalue weighted by Gasteiger charge is -2.30. The monoisotopic (exact) mass is 257 g/mol. The first-order valence-corrected chi connectivity index (χ1v) is 6.45. The molecule has 0 bridgehead atoms. The number of hydrogen-bond donors (Lipinski definition) is 1. The molecule has 1 heterocycles. The Bertz CT molecular complexity index is 309. The van der Waals surface area contributed by atoms with Gasteiger partial charge in [0.2, 0.25) is 0 Å². The highest BCUT2D eigenvalue weighted by molar-refractivity contribution is 5.71. The van der Waals surface area contributed by atoms with Crippen molar-refractivity contribution in [1.29, 1.82) is 0 Å². The molecule has 0 spiro atoms. The van der Waals surface area contributed by atoms with Gasteiger partial charge in [0.15, 0.2) is 0 Å². The summed E-state index contributed by atoms with van der Waals surface area (Å²) in [5.41, 5.74) is -0.456. The van der Waals surface area contributed by atoms with Crippen molar-refractivity contribution >= 4 is 11.9 Å².